The molecule has 0 spiro atoms. The van der Waals surface area contributed by atoms with Crippen LogP contribution in [-0.4, -0.2) is 42.1 Å². The van der Waals surface area contributed by atoms with E-state index in [4.69, 9.17) is 22.7 Å². The van der Waals surface area contributed by atoms with Crippen molar-refractivity contribution < 1.29 is 9.53 Å². The zero-order valence-corrected chi connectivity index (χ0v) is 11.1. The van der Waals surface area contributed by atoms with Crippen LogP contribution >= 0.6 is 12.2 Å². The Morgan fingerprint density at radius 2 is 2.12 bits per heavy atom. The molecule has 2 aliphatic rings. The number of hydrogen-bond acceptors (Lipinski definition) is 3. The van der Waals surface area contributed by atoms with Crippen molar-refractivity contribution in [2.75, 3.05) is 26.3 Å². The largest absolute Gasteiger partial charge is 0.392 e. The van der Waals surface area contributed by atoms with Gasteiger partial charge in [0.15, 0.2) is 0 Å². The van der Waals surface area contributed by atoms with Gasteiger partial charge in [0.05, 0.1) is 17.0 Å². The van der Waals surface area contributed by atoms with Gasteiger partial charge in [-0.25, -0.2) is 0 Å². The lowest BCUT2D eigenvalue weighted by Gasteiger charge is -2.46. The molecule has 1 amide bonds. The van der Waals surface area contributed by atoms with Crippen molar-refractivity contribution in [2.24, 2.45) is 17.1 Å². The topological polar surface area (TPSA) is 55.6 Å². The highest BCUT2D eigenvalue weighted by molar-refractivity contribution is 7.80. The van der Waals surface area contributed by atoms with Crippen molar-refractivity contribution in [3.63, 3.8) is 0 Å². The molecule has 1 heterocycles. The van der Waals surface area contributed by atoms with Crippen LogP contribution in [0.2, 0.25) is 0 Å². The van der Waals surface area contributed by atoms with Crippen molar-refractivity contribution in [3.8, 4) is 0 Å². The summed E-state index contributed by atoms with van der Waals surface area (Å²) >= 11 is 5.11. The molecular formula is C12H20N2O2S. The van der Waals surface area contributed by atoms with Crippen molar-refractivity contribution in [3.05, 3.63) is 0 Å². The van der Waals surface area contributed by atoms with Gasteiger partial charge >= 0.3 is 0 Å². The quantitative estimate of drug-likeness (QED) is 0.747. The SMILES string of the molecule is CC1CC(C(=O)N2CCCOCC2)(C(N)=S)C1. The van der Waals surface area contributed by atoms with E-state index in [0.29, 0.717) is 24.1 Å². The maximum atomic E-state index is 12.5. The smallest absolute Gasteiger partial charge is 0.235 e. The highest BCUT2D eigenvalue weighted by atomic mass is 32.1. The summed E-state index contributed by atoms with van der Waals surface area (Å²) in [6.07, 6.45) is 2.51. The Balaban J connectivity index is 2.08. The Labute approximate surface area is 107 Å². The van der Waals surface area contributed by atoms with E-state index in [2.05, 4.69) is 6.92 Å². The number of thiocarbonyl (C=S) groups is 1. The molecule has 2 fully saturated rings. The lowest BCUT2D eigenvalue weighted by Crippen LogP contribution is -2.57. The van der Waals surface area contributed by atoms with Gasteiger partial charge in [-0.2, -0.15) is 0 Å². The second kappa shape index (κ2) is 4.90. The van der Waals surface area contributed by atoms with E-state index in [9.17, 15) is 4.79 Å². The Kier molecular flexibility index (Phi) is 3.68. The van der Waals surface area contributed by atoms with Gasteiger partial charge in [-0.3, -0.25) is 4.79 Å². The van der Waals surface area contributed by atoms with Gasteiger partial charge in [0.2, 0.25) is 5.91 Å². The fraction of sp³-hybridized carbons (Fsp3) is 0.833. The summed E-state index contributed by atoms with van der Waals surface area (Å²) in [5.41, 5.74) is 5.24. The normalized spacial score (nSPS) is 33.7. The third-order valence-electron chi connectivity index (χ3n) is 3.78. The van der Waals surface area contributed by atoms with E-state index < -0.39 is 5.41 Å². The minimum atomic E-state index is -0.556. The molecule has 0 bridgehead atoms. The van der Waals surface area contributed by atoms with Crippen molar-refractivity contribution in [1.82, 2.24) is 4.90 Å². The number of carbonyl (C=O) groups is 1. The first-order chi connectivity index (χ1) is 8.06. The molecule has 1 aliphatic heterocycles. The third-order valence-corrected chi connectivity index (χ3v) is 4.18. The van der Waals surface area contributed by atoms with Crippen LogP contribution < -0.4 is 5.73 Å². The van der Waals surface area contributed by atoms with Gasteiger partial charge in [0, 0.05) is 19.7 Å². The summed E-state index contributed by atoms with van der Waals surface area (Å²) in [6, 6.07) is 0. The summed E-state index contributed by atoms with van der Waals surface area (Å²) in [7, 11) is 0. The number of carbonyl (C=O) groups excluding carboxylic acids is 1. The number of amides is 1. The highest BCUT2D eigenvalue weighted by Gasteiger charge is 2.52. The molecule has 17 heavy (non-hydrogen) atoms. The van der Waals surface area contributed by atoms with Crippen LogP contribution in [0.5, 0.6) is 0 Å². The molecule has 2 rings (SSSR count). The van der Waals surface area contributed by atoms with Gasteiger partial charge in [0.25, 0.3) is 0 Å². The first-order valence-electron chi connectivity index (χ1n) is 6.23. The van der Waals surface area contributed by atoms with E-state index in [1.54, 1.807) is 0 Å². The molecule has 0 radical (unpaired) electrons. The van der Waals surface area contributed by atoms with Crippen LogP contribution in [-0.2, 0) is 9.53 Å². The maximum absolute atomic E-state index is 12.5. The van der Waals surface area contributed by atoms with E-state index in [1.807, 2.05) is 4.90 Å². The highest BCUT2D eigenvalue weighted by Crippen LogP contribution is 2.47. The molecule has 1 saturated carbocycles. The van der Waals surface area contributed by atoms with Crippen molar-refractivity contribution in [1.29, 1.82) is 0 Å². The van der Waals surface area contributed by atoms with Gasteiger partial charge in [0.1, 0.15) is 0 Å². The molecule has 0 aromatic rings. The molecular weight excluding hydrogens is 236 g/mol. The van der Waals surface area contributed by atoms with Crippen LogP contribution in [0.25, 0.3) is 0 Å². The van der Waals surface area contributed by atoms with E-state index in [1.165, 1.54) is 0 Å². The summed E-state index contributed by atoms with van der Waals surface area (Å²) in [5.74, 6) is 0.664. The summed E-state index contributed by atoms with van der Waals surface area (Å²) in [6.45, 7) is 4.92. The maximum Gasteiger partial charge on any atom is 0.235 e. The second-order valence-corrected chi connectivity index (χ2v) is 5.66. The monoisotopic (exact) mass is 256 g/mol. The summed E-state index contributed by atoms with van der Waals surface area (Å²) in [4.78, 5) is 14.8. The number of hydrogen-bond donors (Lipinski definition) is 1. The molecule has 1 saturated heterocycles. The molecule has 0 unspecified atom stereocenters. The zero-order chi connectivity index (χ0) is 12.5. The molecule has 4 nitrogen and oxygen atoms in total. The number of nitrogens with two attached hydrogens (primary N) is 1. The van der Waals surface area contributed by atoms with Gasteiger partial charge in [-0.05, 0) is 25.2 Å². The average molecular weight is 256 g/mol. The van der Waals surface area contributed by atoms with Crippen LogP contribution in [0, 0.1) is 11.3 Å². The van der Waals surface area contributed by atoms with Gasteiger partial charge in [-0.15, -0.1) is 0 Å². The predicted octanol–water partition coefficient (Wildman–Crippen LogP) is 0.938. The minimum absolute atomic E-state index is 0.119. The standard InChI is InChI=1S/C12H20N2O2S/c1-9-7-12(8-9,10(13)17)11(15)14-3-2-5-16-6-4-14/h9H,2-8H2,1H3,(H2,13,17). The van der Waals surface area contributed by atoms with Gasteiger partial charge < -0.3 is 15.4 Å². The van der Waals surface area contributed by atoms with Crippen molar-refractivity contribution in [2.45, 2.75) is 26.2 Å². The first-order valence-corrected chi connectivity index (χ1v) is 6.64. The van der Waals surface area contributed by atoms with Crippen LogP contribution in [0.4, 0.5) is 0 Å². The average Bonchev–Trinajstić information content (AvgIpc) is 2.51. The minimum Gasteiger partial charge on any atom is -0.392 e. The summed E-state index contributed by atoms with van der Waals surface area (Å²) in [5, 5.41) is 0. The predicted molar refractivity (Wildman–Crippen MR) is 69.6 cm³/mol. The van der Waals surface area contributed by atoms with E-state index in [-0.39, 0.29) is 5.91 Å². The molecule has 0 aromatic heterocycles. The zero-order valence-electron chi connectivity index (χ0n) is 10.3. The number of nitrogens with zero attached hydrogens (tertiary/aromatic N) is 1. The molecule has 0 aromatic carbocycles. The number of rotatable bonds is 2. The first kappa shape index (κ1) is 12.8. The van der Waals surface area contributed by atoms with Crippen LogP contribution in [0.1, 0.15) is 26.2 Å². The summed E-state index contributed by atoms with van der Waals surface area (Å²) < 4.78 is 5.36. The fourth-order valence-electron chi connectivity index (χ4n) is 2.86. The number of ether oxygens (including phenoxy) is 1. The van der Waals surface area contributed by atoms with Crippen LogP contribution in [0.3, 0.4) is 0 Å². The fourth-order valence-corrected chi connectivity index (χ4v) is 3.12. The van der Waals surface area contributed by atoms with Crippen molar-refractivity contribution >= 4 is 23.1 Å². The van der Waals surface area contributed by atoms with E-state index in [0.717, 1.165) is 32.4 Å². The molecule has 2 N–H and O–H groups in total. The molecule has 0 atom stereocenters. The lowest BCUT2D eigenvalue weighted by molar-refractivity contribution is -0.144. The second-order valence-electron chi connectivity index (χ2n) is 5.22. The molecule has 1 aliphatic carbocycles. The lowest BCUT2D eigenvalue weighted by atomic mass is 9.61. The Bertz CT molecular complexity index is 318. The van der Waals surface area contributed by atoms with Crippen LogP contribution in [0.15, 0.2) is 0 Å². The Morgan fingerprint density at radius 3 is 2.71 bits per heavy atom. The molecule has 96 valence electrons. The Hall–Kier alpha value is -0.680. The van der Waals surface area contributed by atoms with Gasteiger partial charge in [-0.1, -0.05) is 19.1 Å². The third kappa shape index (κ3) is 2.31. The molecule has 5 heteroatoms. The van der Waals surface area contributed by atoms with E-state index >= 15 is 0 Å². The Morgan fingerprint density at radius 1 is 1.41 bits per heavy atom.